The first kappa shape index (κ1) is 13.4. The van der Waals surface area contributed by atoms with Crippen molar-refractivity contribution in [3.8, 4) is 0 Å². The number of aryl methyl sites for hydroxylation is 1. The number of nitrogens with two attached hydrogens (primary N) is 1. The highest BCUT2D eigenvalue weighted by Crippen LogP contribution is 2.19. The van der Waals surface area contributed by atoms with E-state index in [-0.39, 0.29) is 5.56 Å². The molecule has 0 saturated carbocycles. The minimum Gasteiger partial charge on any atom is -0.399 e. The molecule has 0 aliphatic heterocycles. The zero-order valence-corrected chi connectivity index (χ0v) is 12.6. The van der Waals surface area contributed by atoms with Gasteiger partial charge in [-0.2, -0.15) is 0 Å². The minimum absolute atomic E-state index is 0.0593. The third-order valence-corrected chi connectivity index (χ3v) is 4.17. The van der Waals surface area contributed by atoms with Crippen molar-refractivity contribution in [3.05, 3.63) is 54.7 Å². The third kappa shape index (κ3) is 2.67. The quantitative estimate of drug-likeness (QED) is 0.648. The fourth-order valence-corrected chi connectivity index (χ4v) is 2.23. The molecule has 1 aromatic heterocycles. The molecule has 2 aromatic rings. The Bertz CT molecular complexity index is 654. The van der Waals surface area contributed by atoms with Gasteiger partial charge in [-0.1, -0.05) is 17.7 Å². The first-order chi connectivity index (χ1) is 8.49. The Balaban J connectivity index is 2.41. The Morgan fingerprint density at radius 2 is 2.22 bits per heavy atom. The number of hydrogen-bond donors (Lipinski definition) is 1. The molecular formula is C12H11ClIN3O. The van der Waals surface area contributed by atoms with Gasteiger partial charge in [0.05, 0.1) is 22.1 Å². The molecule has 0 radical (unpaired) electrons. The van der Waals surface area contributed by atoms with Crippen LogP contribution in [-0.4, -0.2) is 9.55 Å². The van der Waals surface area contributed by atoms with Gasteiger partial charge in [-0.25, -0.2) is 4.98 Å². The molecule has 0 bridgehead atoms. The third-order valence-electron chi connectivity index (χ3n) is 2.57. The van der Waals surface area contributed by atoms with Gasteiger partial charge in [0.15, 0.2) is 0 Å². The molecule has 18 heavy (non-hydrogen) atoms. The van der Waals surface area contributed by atoms with Crippen LogP contribution >= 0.6 is 34.2 Å². The summed E-state index contributed by atoms with van der Waals surface area (Å²) in [6, 6.07) is 5.25. The van der Waals surface area contributed by atoms with E-state index in [1.54, 1.807) is 12.1 Å². The van der Waals surface area contributed by atoms with E-state index in [9.17, 15) is 4.79 Å². The maximum absolute atomic E-state index is 12.0. The second kappa shape index (κ2) is 5.27. The number of nitrogens with zero attached hydrogens (tertiary/aromatic N) is 2. The van der Waals surface area contributed by atoms with Gasteiger partial charge in [0.1, 0.15) is 0 Å². The van der Waals surface area contributed by atoms with Gasteiger partial charge in [0, 0.05) is 10.7 Å². The molecule has 2 rings (SSSR count). The zero-order chi connectivity index (χ0) is 13.3. The molecular weight excluding hydrogens is 365 g/mol. The predicted octanol–water partition coefficient (Wildman–Crippen LogP) is 2.44. The molecule has 2 N–H and O–H groups in total. The average Bonchev–Trinajstić information content (AvgIpc) is 2.33. The molecule has 4 nitrogen and oxygen atoms in total. The summed E-state index contributed by atoms with van der Waals surface area (Å²) < 4.78 is 2.16. The zero-order valence-electron chi connectivity index (χ0n) is 9.65. The summed E-state index contributed by atoms with van der Waals surface area (Å²) in [5.74, 6) is 0. The first-order valence-electron chi connectivity index (χ1n) is 5.24. The standard InChI is InChI=1S/C12H11ClIN3O/c1-7-11(14)12(18)17(6-16-7)5-8-2-3-9(15)4-10(8)13/h2-4,6H,5,15H2,1H3. The van der Waals surface area contributed by atoms with E-state index in [0.29, 0.717) is 20.8 Å². The normalized spacial score (nSPS) is 10.6. The van der Waals surface area contributed by atoms with Crippen LogP contribution < -0.4 is 11.3 Å². The smallest absolute Gasteiger partial charge is 0.267 e. The monoisotopic (exact) mass is 375 g/mol. The molecule has 0 aliphatic rings. The fourth-order valence-electron chi connectivity index (χ4n) is 1.53. The Hall–Kier alpha value is -1.08. The van der Waals surface area contributed by atoms with Crippen molar-refractivity contribution >= 4 is 39.9 Å². The highest BCUT2D eigenvalue weighted by atomic mass is 127. The molecule has 0 unspecified atom stereocenters. The molecule has 0 fully saturated rings. The van der Waals surface area contributed by atoms with E-state index in [1.807, 2.05) is 35.6 Å². The van der Waals surface area contributed by atoms with Crippen LogP contribution in [-0.2, 0) is 6.54 Å². The lowest BCUT2D eigenvalue weighted by atomic mass is 10.2. The van der Waals surface area contributed by atoms with Crippen molar-refractivity contribution in [2.24, 2.45) is 0 Å². The van der Waals surface area contributed by atoms with Crippen molar-refractivity contribution in [3.63, 3.8) is 0 Å². The van der Waals surface area contributed by atoms with Crippen LogP contribution in [0.5, 0.6) is 0 Å². The molecule has 0 saturated heterocycles. The van der Waals surface area contributed by atoms with Crippen molar-refractivity contribution in [1.82, 2.24) is 9.55 Å². The van der Waals surface area contributed by atoms with E-state index in [1.165, 1.54) is 10.9 Å². The molecule has 0 aliphatic carbocycles. The number of benzene rings is 1. The molecule has 1 heterocycles. The maximum Gasteiger partial charge on any atom is 0.267 e. The van der Waals surface area contributed by atoms with Gasteiger partial charge in [-0.15, -0.1) is 0 Å². The Labute approximate surface area is 123 Å². The lowest BCUT2D eigenvalue weighted by molar-refractivity contribution is 0.724. The molecule has 6 heteroatoms. The van der Waals surface area contributed by atoms with Crippen LogP contribution in [0, 0.1) is 10.5 Å². The summed E-state index contributed by atoms with van der Waals surface area (Å²) in [7, 11) is 0. The van der Waals surface area contributed by atoms with Gasteiger partial charge in [0.25, 0.3) is 5.56 Å². The number of nitrogen functional groups attached to an aromatic ring is 1. The van der Waals surface area contributed by atoms with Gasteiger partial charge in [-0.3, -0.25) is 9.36 Å². The number of anilines is 1. The molecule has 0 atom stereocenters. The summed E-state index contributed by atoms with van der Waals surface area (Å²) in [6.45, 7) is 2.20. The van der Waals surface area contributed by atoms with Crippen molar-refractivity contribution in [1.29, 1.82) is 0 Å². The van der Waals surface area contributed by atoms with Crippen molar-refractivity contribution in [2.45, 2.75) is 13.5 Å². The number of halogens is 2. The fraction of sp³-hybridized carbons (Fsp3) is 0.167. The summed E-state index contributed by atoms with van der Waals surface area (Å²) >= 11 is 8.09. The highest BCUT2D eigenvalue weighted by Gasteiger charge is 2.07. The van der Waals surface area contributed by atoms with E-state index in [2.05, 4.69) is 4.98 Å². The van der Waals surface area contributed by atoms with Crippen LogP contribution in [0.4, 0.5) is 5.69 Å². The van der Waals surface area contributed by atoms with E-state index < -0.39 is 0 Å². The van der Waals surface area contributed by atoms with Crippen LogP contribution in [0.25, 0.3) is 0 Å². The van der Waals surface area contributed by atoms with Crippen LogP contribution in [0.3, 0.4) is 0 Å². The van der Waals surface area contributed by atoms with Gasteiger partial charge in [-0.05, 0) is 47.2 Å². The Kier molecular flexibility index (Phi) is 3.91. The van der Waals surface area contributed by atoms with E-state index in [0.717, 1.165) is 11.3 Å². The number of rotatable bonds is 2. The van der Waals surface area contributed by atoms with E-state index >= 15 is 0 Å². The van der Waals surface area contributed by atoms with Crippen LogP contribution in [0.1, 0.15) is 11.3 Å². The first-order valence-corrected chi connectivity index (χ1v) is 6.70. The van der Waals surface area contributed by atoms with Crippen molar-refractivity contribution < 1.29 is 0 Å². The molecule has 0 amide bonds. The predicted molar refractivity (Wildman–Crippen MR) is 80.9 cm³/mol. The summed E-state index contributed by atoms with van der Waals surface area (Å²) in [5.41, 5.74) is 7.75. The number of aromatic nitrogens is 2. The second-order valence-corrected chi connectivity index (χ2v) is 5.41. The van der Waals surface area contributed by atoms with Gasteiger partial charge < -0.3 is 5.73 Å². The lowest BCUT2D eigenvalue weighted by Gasteiger charge is -2.09. The van der Waals surface area contributed by atoms with Crippen molar-refractivity contribution in [2.75, 3.05) is 5.73 Å². The molecule has 94 valence electrons. The topological polar surface area (TPSA) is 60.9 Å². The van der Waals surface area contributed by atoms with Gasteiger partial charge in [0.2, 0.25) is 0 Å². The number of hydrogen-bond acceptors (Lipinski definition) is 3. The molecule has 0 spiro atoms. The minimum atomic E-state index is -0.0593. The van der Waals surface area contributed by atoms with E-state index in [4.69, 9.17) is 17.3 Å². The summed E-state index contributed by atoms with van der Waals surface area (Å²) in [6.07, 6.45) is 1.53. The van der Waals surface area contributed by atoms with Crippen LogP contribution in [0.15, 0.2) is 29.3 Å². The Morgan fingerprint density at radius 3 is 2.89 bits per heavy atom. The lowest BCUT2D eigenvalue weighted by Crippen LogP contribution is -2.24. The SMILES string of the molecule is Cc1ncn(Cc2ccc(N)cc2Cl)c(=O)c1I. The average molecular weight is 376 g/mol. The molecule has 1 aromatic carbocycles. The second-order valence-electron chi connectivity index (χ2n) is 3.93. The highest BCUT2D eigenvalue weighted by molar-refractivity contribution is 14.1. The Morgan fingerprint density at radius 1 is 1.50 bits per heavy atom. The summed E-state index contributed by atoms with van der Waals surface area (Å²) in [4.78, 5) is 16.2. The maximum atomic E-state index is 12.0. The largest absolute Gasteiger partial charge is 0.399 e. The van der Waals surface area contributed by atoms with Crippen LogP contribution in [0.2, 0.25) is 5.02 Å². The summed E-state index contributed by atoms with van der Waals surface area (Å²) in [5, 5.41) is 0.553. The van der Waals surface area contributed by atoms with Gasteiger partial charge >= 0.3 is 0 Å².